The maximum atomic E-state index is 12.9. The smallest absolute Gasteiger partial charge is 0.179 e. The number of halogens is 2. The zero-order valence-corrected chi connectivity index (χ0v) is 12.1. The van der Waals surface area contributed by atoms with Gasteiger partial charge < -0.3 is 0 Å². The molecule has 2 rings (SSSR count). The predicted octanol–water partition coefficient (Wildman–Crippen LogP) is 3.69. The Balaban J connectivity index is 0.00000180. The van der Waals surface area contributed by atoms with Crippen LogP contribution in [0.2, 0.25) is 0 Å². The molecule has 1 saturated heterocycles. The molecule has 0 bridgehead atoms. The number of benzene rings is 1. The van der Waals surface area contributed by atoms with Crippen molar-refractivity contribution in [2.45, 2.75) is 38.6 Å². The van der Waals surface area contributed by atoms with Crippen LogP contribution < -0.4 is 0 Å². The number of Topliss-reactive ketones (excluding diaryl/α,β-unsaturated/α-hetero) is 1. The molecule has 1 fully saturated rings. The lowest BCUT2D eigenvalue weighted by Crippen LogP contribution is -2.39. The molecule has 0 aromatic heterocycles. The first-order chi connectivity index (χ1) is 8.72. The molecule has 0 amide bonds. The van der Waals surface area contributed by atoms with Crippen LogP contribution in [-0.2, 0) is 0 Å². The zero-order chi connectivity index (χ0) is 13.0. The average Bonchev–Trinajstić information content (AvgIpc) is 2.90. The Labute approximate surface area is 120 Å². The minimum atomic E-state index is -0.292. The molecule has 0 saturated carbocycles. The molecule has 2 nitrogen and oxygen atoms in total. The third-order valence-electron chi connectivity index (χ3n) is 3.57. The summed E-state index contributed by atoms with van der Waals surface area (Å²) in [6.07, 6.45) is 4.23. The van der Waals surface area contributed by atoms with Crippen LogP contribution in [0, 0.1) is 5.82 Å². The lowest BCUT2D eigenvalue weighted by atomic mass is 9.99. The number of hydrogen-bond donors (Lipinski definition) is 0. The third-order valence-corrected chi connectivity index (χ3v) is 3.57. The van der Waals surface area contributed by atoms with Crippen molar-refractivity contribution in [2.75, 3.05) is 13.1 Å². The van der Waals surface area contributed by atoms with Crippen molar-refractivity contribution in [2.24, 2.45) is 0 Å². The van der Waals surface area contributed by atoms with Gasteiger partial charge in [0.2, 0.25) is 0 Å². The summed E-state index contributed by atoms with van der Waals surface area (Å²) in [5.74, 6) is -0.154. The molecule has 0 radical (unpaired) electrons. The van der Waals surface area contributed by atoms with Gasteiger partial charge in [-0.2, -0.15) is 0 Å². The van der Waals surface area contributed by atoms with Crippen LogP contribution in [0.1, 0.15) is 43.0 Å². The van der Waals surface area contributed by atoms with Crippen molar-refractivity contribution in [1.29, 1.82) is 0 Å². The number of carbonyl (C=O) groups excluding carboxylic acids is 1. The predicted molar refractivity (Wildman–Crippen MR) is 77.5 cm³/mol. The molecular weight excluding hydrogens is 265 g/mol. The van der Waals surface area contributed by atoms with E-state index in [1.807, 2.05) is 0 Å². The van der Waals surface area contributed by atoms with E-state index in [0.29, 0.717) is 5.56 Å². The third kappa shape index (κ3) is 4.02. The first kappa shape index (κ1) is 16.1. The first-order valence-corrected chi connectivity index (χ1v) is 6.76. The van der Waals surface area contributed by atoms with Gasteiger partial charge >= 0.3 is 0 Å². The summed E-state index contributed by atoms with van der Waals surface area (Å²) < 4.78 is 12.9. The van der Waals surface area contributed by atoms with Crippen LogP contribution in [-0.4, -0.2) is 29.8 Å². The summed E-state index contributed by atoms with van der Waals surface area (Å²) in [6.45, 7) is 4.12. The van der Waals surface area contributed by atoms with Gasteiger partial charge in [0.1, 0.15) is 5.82 Å². The second kappa shape index (κ2) is 7.61. The summed E-state index contributed by atoms with van der Waals surface area (Å²) >= 11 is 0. The molecule has 1 heterocycles. The van der Waals surface area contributed by atoms with Gasteiger partial charge in [-0.3, -0.25) is 9.69 Å². The van der Waals surface area contributed by atoms with E-state index in [9.17, 15) is 9.18 Å². The standard InChI is InChI=1S/C15H20FNO.ClH/c1-2-5-14(17-10-3-4-11-17)15(18)12-6-8-13(16)9-7-12;/h6-9,14H,2-5,10-11H2,1H3;1H. The largest absolute Gasteiger partial charge is 0.293 e. The van der Waals surface area contributed by atoms with E-state index in [4.69, 9.17) is 0 Å². The second-order valence-electron chi connectivity index (χ2n) is 4.92. The summed E-state index contributed by atoms with van der Waals surface area (Å²) in [5, 5.41) is 0. The van der Waals surface area contributed by atoms with Crippen molar-refractivity contribution < 1.29 is 9.18 Å². The van der Waals surface area contributed by atoms with Gasteiger partial charge in [0, 0.05) is 5.56 Å². The molecule has 1 aromatic carbocycles. The number of rotatable bonds is 5. The Morgan fingerprint density at radius 1 is 1.26 bits per heavy atom. The average molecular weight is 286 g/mol. The van der Waals surface area contributed by atoms with E-state index in [0.717, 1.165) is 25.9 Å². The Hall–Kier alpha value is -0.930. The summed E-state index contributed by atoms with van der Waals surface area (Å²) in [7, 11) is 0. The van der Waals surface area contributed by atoms with E-state index in [1.165, 1.54) is 25.0 Å². The molecule has 0 N–H and O–H groups in total. The summed E-state index contributed by atoms with van der Waals surface area (Å²) in [5.41, 5.74) is 0.627. The van der Waals surface area contributed by atoms with Crippen molar-refractivity contribution in [3.63, 3.8) is 0 Å². The van der Waals surface area contributed by atoms with Crippen molar-refractivity contribution in [3.05, 3.63) is 35.6 Å². The van der Waals surface area contributed by atoms with E-state index in [2.05, 4.69) is 11.8 Å². The SMILES string of the molecule is CCCC(C(=O)c1ccc(F)cc1)N1CCCC1.Cl. The molecule has 19 heavy (non-hydrogen) atoms. The maximum Gasteiger partial charge on any atom is 0.179 e. The topological polar surface area (TPSA) is 20.3 Å². The molecule has 0 aliphatic carbocycles. The Bertz CT molecular complexity index is 401. The number of hydrogen-bond acceptors (Lipinski definition) is 2. The van der Waals surface area contributed by atoms with Crippen molar-refractivity contribution in [1.82, 2.24) is 4.90 Å². The van der Waals surface area contributed by atoms with Gasteiger partial charge in [-0.05, 0) is 56.6 Å². The molecule has 4 heteroatoms. The van der Waals surface area contributed by atoms with E-state index >= 15 is 0 Å². The molecule has 106 valence electrons. The quantitative estimate of drug-likeness (QED) is 0.769. The van der Waals surface area contributed by atoms with E-state index in [-0.39, 0.29) is 30.0 Å². The first-order valence-electron chi connectivity index (χ1n) is 6.76. The highest BCUT2D eigenvalue weighted by Crippen LogP contribution is 2.19. The normalized spacial score (nSPS) is 16.9. The van der Waals surface area contributed by atoms with Gasteiger partial charge in [0.05, 0.1) is 6.04 Å². The van der Waals surface area contributed by atoms with Crippen LogP contribution >= 0.6 is 12.4 Å². The molecule has 1 unspecified atom stereocenters. The fraction of sp³-hybridized carbons (Fsp3) is 0.533. The molecule has 1 aliphatic rings. The van der Waals surface area contributed by atoms with Crippen LogP contribution in [0.4, 0.5) is 4.39 Å². The van der Waals surface area contributed by atoms with Crippen molar-refractivity contribution in [3.8, 4) is 0 Å². The molecular formula is C15H21ClFNO. The van der Waals surface area contributed by atoms with Gasteiger partial charge in [0.15, 0.2) is 5.78 Å². The van der Waals surface area contributed by atoms with Gasteiger partial charge in [0.25, 0.3) is 0 Å². The Kier molecular flexibility index (Phi) is 6.46. The molecule has 1 atom stereocenters. The number of nitrogens with zero attached hydrogens (tertiary/aromatic N) is 1. The fourth-order valence-electron chi connectivity index (χ4n) is 2.61. The Morgan fingerprint density at radius 3 is 2.37 bits per heavy atom. The molecule has 1 aliphatic heterocycles. The number of ketones is 1. The highest BCUT2D eigenvalue weighted by atomic mass is 35.5. The summed E-state index contributed by atoms with van der Waals surface area (Å²) in [6, 6.07) is 5.88. The van der Waals surface area contributed by atoms with Crippen LogP contribution in [0.3, 0.4) is 0 Å². The Morgan fingerprint density at radius 2 is 1.84 bits per heavy atom. The van der Waals surface area contributed by atoms with Crippen molar-refractivity contribution >= 4 is 18.2 Å². The zero-order valence-electron chi connectivity index (χ0n) is 11.3. The van der Waals surface area contributed by atoms with Crippen LogP contribution in [0.25, 0.3) is 0 Å². The molecule has 0 spiro atoms. The maximum absolute atomic E-state index is 12.9. The second-order valence-corrected chi connectivity index (χ2v) is 4.92. The lowest BCUT2D eigenvalue weighted by Gasteiger charge is -2.26. The van der Waals surface area contributed by atoms with Gasteiger partial charge in [-0.25, -0.2) is 4.39 Å². The van der Waals surface area contributed by atoms with Gasteiger partial charge in [-0.1, -0.05) is 13.3 Å². The fourth-order valence-corrected chi connectivity index (χ4v) is 2.61. The minimum Gasteiger partial charge on any atom is -0.293 e. The highest BCUT2D eigenvalue weighted by molar-refractivity contribution is 6.00. The van der Waals surface area contributed by atoms with E-state index < -0.39 is 0 Å². The monoisotopic (exact) mass is 285 g/mol. The van der Waals surface area contributed by atoms with Crippen LogP contribution in [0.5, 0.6) is 0 Å². The highest BCUT2D eigenvalue weighted by Gasteiger charge is 2.27. The van der Waals surface area contributed by atoms with Gasteiger partial charge in [-0.15, -0.1) is 12.4 Å². The van der Waals surface area contributed by atoms with E-state index in [1.54, 1.807) is 12.1 Å². The number of likely N-dealkylation sites (tertiary alicyclic amines) is 1. The minimum absolute atomic E-state index is 0. The molecule has 1 aromatic rings. The summed E-state index contributed by atoms with van der Waals surface area (Å²) in [4.78, 5) is 14.7. The lowest BCUT2D eigenvalue weighted by molar-refractivity contribution is 0.0837. The number of carbonyl (C=O) groups is 1. The van der Waals surface area contributed by atoms with Crippen LogP contribution in [0.15, 0.2) is 24.3 Å².